The first-order valence-corrected chi connectivity index (χ1v) is 7.51. The van der Waals surface area contributed by atoms with E-state index in [0.29, 0.717) is 5.92 Å². The standard InChI is InChI=1S/C14H19NO2S/c1-18-13-4-2-12(3-5-13)14(17)15-8-6-11(10-15)7-9-16/h2-5,11,16H,6-10H2,1H3. The molecule has 1 atom stereocenters. The van der Waals surface area contributed by atoms with E-state index in [1.807, 2.05) is 35.4 Å². The molecule has 1 heterocycles. The summed E-state index contributed by atoms with van der Waals surface area (Å²) in [5.41, 5.74) is 0.762. The van der Waals surface area contributed by atoms with E-state index in [2.05, 4.69) is 0 Å². The van der Waals surface area contributed by atoms with Crippen LogP contribution in [0.1, 0.15) is 23.2 Å². The van der Waals surface area contributed by atoms with Crippen molar-refractivity contribution in [1.29, 1.82) is 0 Å². The molecule has 0 radical (unpaired) electrons. The van der Waals surface area contributed by atoms with Gasteiger partial charge in [0, 0.05) is 30.2 Å². The van der Waals surface area contributed by atoms with Crippen LogP contribution in [-0.2, 0) is 0 Å². The summed E-state index contributed by atoms with van der Waals surface area (Å²) in [5, 5.41) is 8.92. The van der Waals surface area contributed by atoms with Crippen LogP contribution >= 0.6 is 11.8 Å². The van der Waals surface area contributed by atoms with Gasteiger partial charge in [0.25, 0.3) is 5.91 Å². The number of aliphatic hydroxyl groups is 1. The first-order chi connectivity index (χ1) is 8.74. The molecule has 1 aromatic carbocycles. The number of carbonyl (C=O) groups excluding carboxylic acids is 1. The maximum absolute atomic E-state index is 12.3. The van der Waals surface area contributed by atoms with Crippen LogP contribution in [0.15, 0.2) is 29.2 Å². The molecule has 98 valence electrons. The van der Waals surface area contributed by atoms with Gasteiger partial charge in [0.15, 0.2) is 0 Å². The molecular formula is C14H19NO2S. The summed E-state index contributed by atoms with van der Waals surface area (Å²) in [5.74, 6) is 0.576. The number of benzene rings is 1. The van der Waals surface area contributed by atoms with Crippen molar-refractivity contribution in [3.8, 4) is 0 Å². The lowest BCUT2D eigenvalue weighted by Gasteiger charge is -2.16. The summed E-state index contributed by atoms with van der Waals surface area (Å²) < 4.78 is 0. The number of rotatable bonds is 4. The summed E-state index contributed by atoms with van der Waals surface area (Å²) >= 11 is 1.68. The molecule has 3 nitrogen and oxygen atoms in total. The monoisotopic (exact) mass is 265 g/mol. The predicted octanol–water partition coefficient (Wildman–Crippen LogP) is 2.25. The van der Waals surface area contributed by atoms with Crippen LogP contribution in [0.4, 0.5) is 0 Å². The fraction of sp³-hybridized carbons (Fsp3) is 0.500. The Labute approximate surface area is 112 Å². The number of likely N-dealkylation sites (tertiary alicyclic amines) is 1. The van der Waals surface area contributed by atoms with E-state index in [1.54, 1.807) is 11.8 Å². The SMILES string of the molecule is CSc1ccc(C(=O)N2CCC(CCO)C2)cc1. The highest BCUT2D eigenvalue weighted by atomic mass is 32.2. The molecule has 0 bridgehead atoms. The van der Waals surface area contributed by atoms with Crippen LogP contribution in [0.5, 0.6) is 0 Å². The van der Waals surface area contributed by atoms with Gasteiger partial charge < -0.3 is 10.0 Å². The number of thioether (sulfide) groups is 1. The third kappa shape index (κ3) is 3.06. The molecule has 1 aliphatic heterocycles. The van der Waals surface area contributed by atoms with E-state index in [0.717, 1.165) is 31.5 Å². The van der Waals surface area contributed by atoms with E-state index in [1.165, 1.54) is 4.90 Å². The van der Waals surface area contributed by atoms with Gasteiger partial charge in [-0.05, 0) is 49.3 Å². The lowest BCUT2D eigenvalue weighted by atomic mass is 10.1. The highest BCUT2D eigenvalue weighted by Crippen LogP contribution is 2.22. The van der Waals surface area contributed by atoms with Crippen LogP contribution in [0.2, 0.25) is 0 Å². The molecule has 1 amide bonds. The van der Waals surface area contributed by atoms with Crippen LogP contribution < -0.4 is 0 Å². The molecule has 1 N–H and O–H groups in total. The quantitative estimate of drug-likeness (QED) is 0.849. The van der Waals surface area contributed by atoms with Crippen molar-refractivity contribution < 1.29 is 9.90 Å². The molecule has 0 aromatic heterocycles. The van der Waals surface area contributed by atoms with Gasteiger partial charge in [-0.2, -0.15) is 0 Å². The lowest BCUT2D eigenvalue weighted by Crippen LogP contribution is -2.28. The zero-order chi connectivity index (χ0) is 13.0. The first-order valence-electron chi connectivity index (χ1n) is 6.28. The Kier molecular flexibility index (Phi) is 4.66. The third-order valence-corrected chi connectivity index (χ3v) is 4.19. The second-order valence-electron chi connectivity index (χ2n) is 4.65. The maximum Gasteiger partial charge on any atom is 0.253 e. The molecule has 1 saturated heterocycles. The van der Waals surface area contributed by atoms with Gasteiger partial charge in [0.2, 0.25) is 0 Å². The molecule has 0 aliphatic carbocycles. The Morgan fingerprint density at radius 2 is 2.17 bits per heavy atom. The summed E-state index contributed by atoms with van der Waals surface area (Å²) in [6.07, 6.45) is 3.83. The van der Waals surface area contributed by atoms with Gasteiger partial charge in [-0.25, -0.2) is 0 Å². The van der Waals surface area contributed by atoms with Crippen molar-refractivity contribution >= 4 is 17.7 Å². The third-order valence-electron chi connectivity index (χ3n) is 3.45. The van der Waals surface area contributed by atoms with Gasteiger partial charge in [-0.1, -0.05) is 0 Å². The van der Waals surface area contributed by atoms with Gasteiger partial charge in [-0.15, -0.1) is 11.8 Å². The first kappa shape index (κ1) is 13.4. The molecule has 2 rings (SSSR count). The van der Waals surface area contributed by atoms with Crippen molar-refractivity contribution in [2.45, 2.75) is 17.7 Å². The normalized spacial score (nSPS) is 19.2. The Balaban J connectivity index is 1.98. The average Bonchev–Trinajstić information content (AvgIpc) is 2.87. The van der Waals surface area contributed by atoms with E-state index < -0.39 is 0 Å². The summed E-state index contributed by atoms with van der Waals surface area (Å²) in [6.45, 7) is 1.81. The van der Waals surface area contributed by atoms with E-state index in [9.17, 15) is 4.79 Å². The molecule has 0 saturated carbocycles. The van der Waals surface area contributed by atoms with E-state index >= 15 is 0 Å². The van der Waals surface area contributed by atoms with Crippen molar-refractivity contribution in [2.75, 3.05) is 26.0 Å². The smallest absolute Gasteiger partial charge is 0.253 e. The second-order valence-corrected chi connectivity index (χ2v) is 5.53. The average molecular weight is 265 g/mol. The van der Waals surface area contributed by atoms with Crippen LogP contribution in [0.25, 0.3) is 0 Å². The molecule has 1 unspecified atom stereocenters. The minimum Gasteiger partial charge on any atom is -0.396 e. The summed E-state index contributed by atoms with van der Waals surface area (Å²) in [6, 6.07) is 7.76. The maximum atomic E-state index is 12.3. The highest BCUT2D eigenvalue weighted by molar-refractivity contribution is 7.98. The fourth-order valence-corrected chi connectivity index (χ4v) is 2.76. The van der Waals surface area contributed by atoms with E-state index in [4.69, 9.17) is 5.11 Å². The Hall–Kier alpha value is -1.00. The number of hydrogen-bond donors (Lipinski definition) is 1. The van der Waals surface area contributed by atoms with Crippen molar-refractivity contribution in [3.63, 3.8) is 0 Å². The predicted molar refractivity (Wildman–Crippen MR) is 73.9 cm³/mol. The Bertz CT molecular complexity index is 405. The van der Waals surface area contributed by atoms with Gasteiger partial charge in [0.05, 0.1) is 0 Å². The van der Waals surface area contributed by atoms with E-state index in [-0.39, 0.29) is 12.5 Å². The molecule has 1 aromatic rings. The van der Waals surface area contributed by atoms with Crippen LogP contribution in [0, 0.1) is 5.92 Å². The molecule has 18 heavy (non-hydrogen) atoms. The van der Waals surface area contributed by atoms with Crippen molar-refractivity contribution in [1.82, 2.24) is 4.90 Å². The van der Waals surface area contributed by atoms with Crippen LogP contribution in [0.3, 0.4) is 0 Å². The Morgan fingerprint density at radius 3 is 2.78 bits per heavy atom. The second kappa shape index (κ2) is 6.25. The number of carbonyl (C=O) groups is 1. The lowest BCUT2D eigenvalue weighted by molar-refractivity contribution is 0.0784. The summed E-state index contributed by atoms with van der Waals surface area (Å²) in [7, 11) is 0. The number of nitrogens with zero attached hydrogens (tertiary/aromatic N) is 1. The molecule has 1 fully saturated rings. The number of hydrogen-bond acceptors (Lipinski definition) is 3. The highest BCUT2D eigenvalue weighted by Gasteiger charge is 2.26. The number of amides is 1. The van der Waals surface area contributed by atoms with Crippen molar-refractivity contribution in [2.24, 2.45) is 5.92 Å². The Morgan fingerprint density at radius 1 is 1.44 bits per heavy atom. The van der Waals surface area contributed by atoms with Gasteiger partial charge >= 0.3 is 0 Å². The number of aliphatic hydroxyl groups excluding tert-OH is 1. The van der Waals surface area contributed by atoms with Crippen molar-refractivity contribution in [3.05, 3.63) is 29.8 Å². The van der Waals surface area contributed by atoms with Gasteiger partial charge in [0.1, 0.15) is 0 Å². The molecular weight excluding hydrogens is 246 g/mol. The minimum absolute atomic E-state index is 0.114. The zero-order valence-corrected chi connectivity index (χ0v) is 11.4. The van der Waals surface area contributed by atoms with Gasteiger partial charge in [-0.3, -0.25) is 4.79 Å². The summed E-state index contributed by atoms with van der Waals surface area (Å²) in [4.78, 5) is 15.3. The van der Waals surface area contributed by atoms with Crippen LogP contribution in [-0.4, -0.2) is 41.9 Å². The minimum atomic E-state index is 0.114. The largest absolute Gasteiger partial charge is 0.396 e. The fourth-order valence-electron chi connectivity index (χ4n) is 2.35. The topological polar surface area (TPSA) is 40.5 Å². The molecule has 0 spiro atoms. The zero-order valence-electron chi connectivity index (χ0n) is 10.6. The molecule has 4 heteroatoms. The molecule has 1 aliphatic rings.